The van der Waals surface area contributed by atoms with Gasteiger partial charge in [-0.25, -0.2) is 28.4 Å². The molecule has 15 nitrogen and oxygen atoms in total. The SMILES string of the molecule is CC1=C[C@@H](n2cnc3c(N)ncnc32)C[C@H]1OCP(=O)(O)OP(=O)(O)OP(=O)(O)O. The summed E-state index contributed by atoms with van der Waals surface area (Å²) in [5.74, 6) is 0.217. The van der Waals surface area contributed by atoms with Crippen LogP contribution in [0, 0.1) is 0 Å². The van der Waals surface area contributed by atoms with E-state index < -0.39 is 35.7 Å². The number of imidazole rings is 1. The summed E-state index contributed by atoms with van der Waals surface area (Å²) in [7, 11) is -15.8. The van der Waals surface area contributed by atoms with Gasteiger partial charge in [-0.2, -0.15) is 4.31 Å². The molecule has 30 heavy (non-hydrogen) atoms. The fourth-order valence-corrected chi connectivity index (χ4v) is 6.22. The number of phosphoric acid groups is 2. The van der Waals surface area contributed by atoms with E-state index in [1.807, 2.05) is 6.08 Å². The van der Waals surface area contributed by atoms with Crippen LogP contribution in [-0.2, 0) is 27.1 Å². The van der Waals surface area contributed by atoms with Crippen LogP contribution < -0.4 is 5.73 Å². The number of allylic oxidation sites excluding steroid dienone is 1. The molecule has 0 fully saturated rings. The van der Waals surface area contributed by atoms with E-state index in [1.54, 1.807) is 11.5 Å². The summed E-state index contributed by atoms with van der Waals surface area (Å²) in [5, 5.41) is 0. The van der Waals surface area contributed by atoms with Crippen molar-refractivity contribution in [3.63, 3.8) is 0 Å². The fourth-order valence-electron chi connectivity index (χ4n) is 2.91. The minimum Gasteiger partial charge on any atom is -0.382 e. The number of hydrogen-bond acceptors (Lipinski definition) is 10. The van der Waals surface area contributed by atoms with Crippen LogP contribution in [0.4, 0.5) is 5.82 Å². The molecule has 2 aromatic heterocycles. The number of rotatable bonds is 8. The van der Waals surface area contributed by atoms with Crippen LogP contribution in [-0.4, -0.2) is 51.5 Å². The van der Waals surface area contributed by atoms with Gasteiger partial charge in [0.25, 0.3) is 0 Å². The van der Waals surface area contributed by atoms with E-state index >= 15 is 0 Å². The molecule has 0 bridgehead atoms. The Bertz CT molecular complexity index is 1130. The van der Waals surface area contributed by atoms with Gasteiger partial charge in [0.15, 0.2) is 11.5 Å². The minimum atomic E-state index is -5.51. The standard InChI is InChI=1S/C12H18N5O10P3/c1-7-2-8(17-5-16-10-11(13)14-4-15-12(10)17)3-9(7)25-6-28(18,19)26-30(23,24)27-29(20,21)22/h2,4-5,8-9H,3,6H2,1H3,(H,18,19)(H,23,24)(H2,13,14,15)(H2,20,21,22)/t8-,9-/m1/s1. The molecule has 0 saturated carbocycles. The Kier molecular flexibility index (Phi) is 6.34. The maximum Gasteiger partial charge on any atom is 0.488 e. The van der Waals surface area contributed by atoms with Crippen molar-refractivity contribution >= 4 is 40.2 Å². The highest BCUT2D eigenvalue weighted by molar-refractivity contribution is 7.68. The average Bonchev–Trinajstić information content (AvgIpc) is 3.14. The smallest absolute Gasteiger partial charge is 0.382 e. The van der Waals surface area contributed by atoms with Gasteiger partial charge in [-0.3, -0.25) is 4.57 Å². The minimum absolute atomic E-state index is 0.217. The maximum absolute atomic E-state index is 12.0. The van der Waals surface area contributed by atoms with Crippen molar-refractivity contribution < 1.29 is 46.6 Å². The molecule has 0 saturated heterocycles. The topological polar surface area (TPSA) is 229 Å². The molecule has 18 heteroatoms. The number of aromatic nitrogens is 4. The lowest BCUT2D eigenvalue weighted by Crippen LogP contribution is -2.15. The normalized spacial score (nSPS) is 23.8. The number of fused-ring (bicyclic) bond motifs is 1. The van der Waals surface area contributed by atoms with Gasteiger partial charge in [0.2, 0.25) is 0 Å². The second-order valence-electron chi connectivity index (χ2n) is 6.34. The summed E-state index contributed by atoms with van der Waals surface area (Å²) < 4.78 is 48.6. The highest BCUT2D eigenvalue weighted by Crippen LogP contribution is 2.66. The van der Waals surface area contributed by atoms with Gasteiger partial charge in [-0.05, 0) is 12.5 Å². The van der Waals surface area contributed by atoms with Gasteiger partial charge in [-0.1, -0.05) is 6.08 Å². The molecule has 0 radical (unpaired) electrons. The summed E-state index contributed by atoms with van der Waals surface area (Å²) in [6.45, 7) is 1.71. The first-order valence-corrected chi connectivity index (χ1v) is 12.9. The van der Waals surface area contributed by atoms with Crippen LogP contribution >= 0.6 is 23.2 Å². The highest BCUT2D eigenvalue weighted by atomic mass is 31.3. The predicted octanol–water partition coefficient (Wildman–Crippen LogP) is 1.05. The van der Waals surface area contributed by atoms with E-state index in [0.717, 1.165) is 0 Å². The van der Waals surface area contributed by atoms with Crippen LogP contribution in [0.15, 0.2) is 24.3 Å². The number of ether oxygens (including phenoxy) is 1. The number of nitrogens with two attached hydrogens (primary N) is 1. The Labute approximate surface area is 168 Å². The zero-order valence-corrected chi connectivity index (χ0v) is 17.9. The third-order valence-electron chi connectivity index (χ3n) is 4.04. The van der Waals surface area contributed by atoms with Gasteiger partial charge in [0, 0.05) is 6.42 Å². The summed E-state index contributed by atoms with van der Waals surface area (Å²) in [6, 6.07) is -0.268. The van der Waals surface area contributed by atoms with E-state index in [2.05, 4.69) is 23.6 Å². The van der Waals surface area contributed by atoms with E-state index in [-0.39, 0.29) is 11.9 Å². The molecule has 0 aliphatic heterocycles. The number of nitrogen functional groups attached to an aromatic ring is 1. The molecule has 2 aromatic rings. The third kappa shape index (κ3) is 5.59. The summed E-state index contributed by atoms with van der Waals surface area (Å²) in [4.78, 5) is 48.2. The molecule has 6 N–H and O–H groups in total. The average molecular weight is 485 g/mol. The van der Waals surface area contributed by atoms with Crippen molar-refractivity contribution in [2.45, 2.75) is 25.5 Å². The van der Waals surface area contributed by atoms with E-state index in [9.17, 15) is 23.5 Å². The largest absolute Gasteiger partial charge is 0.488 e. The molecule has 0 amide bonds. The van der Waals surface area contributed by atoms with Gasteiger partial charge in [0.1, 0.15) is 18.2 Å². The lowest BCUT2D eigenvalue weighted by atomic mass is 10.2. The van der Waals surface area contributed by atoms with Gasteiger partial charge < -0.3 is 34.6 Å². The number of nitrogens with zero attached hydrogens (tertiary/aromatic N) is 4. The maximum atomic E-state index is 12.0. The molecular formula is C12H18N5O10P3. The van der Waals surface area contributed by atoms with E-state index in [4.69, 9.17) is 20.3 Å². The Hall–Kier alpha value is -1.50. The molecule has 2 unspecified atom stereocenters. The molecule has 1 aliphatic rings. The van der Waals surface area contributed by atoms with Crippen LogP contribution in [0.1, 0.15) is 19.4 Å². The third-order valence-corrected chi connectivity index (χ3v) is 8.04. The molecule has 1 aliphatic carbocycles. The molecule has 166 valence electrons. The molecule has 3 rings (SSSR count). The Balaban J connectivity index is 1.65. The van der Waals surface area contributed by atoms with E-state index in [0.29, 0.717) is 23.2 Å². The van der Waals surface area contributed by atoms with E-state index in [1.165, 1.54) is 12.7 Å². The second kappa shape index (κ2) is 8.21. The predicted molar refractivity (Wildman–Crippen MR) is 101 cm³/mol. The summed E-state index contributed by atoms with van der Waals surface area (Å²) in [6.07, 6.45) is 3.27. The first kappa shape index (κ1) is 23.2. The van der Waals surface area contributed by atoms with Crippen LogP contribution in [0.2, 0.25) is 0 Å². The molecule has 4 atom stereocenters. The Morgan fingerprint density at radius 1 is 1.17 bits per heavy atom. The molecule has 2 heterocycles. The van der Waals surface area contributed by atoms with Crippen molar-refractivity contribution in [1.29, 1.82) is 0 Å². The molecule has 0 spiro atoms. The zero-order chi connectivity index (χ0) is 22.3. The van der Waals surface area contributed by atoms with Crippen LogP contribution in [0.5, 0.6) is 0 Å². The molecular weight excluding hydrogens is 467 g/mol. The second-order valence-corrected chi connectivity index (χ2v) is 11.1. The lowest BCUT2D eigenvalue weighted by Gasteiger charge is -2.20. The van der Waals surface area contributed by atoms with Crippen molar-refractivity contribution in [3.8, 4) is 0 Å². The van der Waals surface area contributed by atoms with Gasteiger partial charge in [0.05, 0.1) is 18.5 Å². The first-order chi connectivity index (χ1) is 13.8. The van der Waals surface area contributed by atoms with Crippen molar-refractivity contribution in [1.82, 2.24) is 19.5 Å². The van der Waals surface area contributed by atoms with Gasteiger partial charge in [-0.15, -0.1) is 0 Å². The first-order valence-electron chi connectivity index (χ1n) is 8.12. The number of anilines is 1. The van der Waals surface area contributed by atoms with Gasteiger partial charge >= 0.3 is 23.2 Å². The highest BCUT2D eigenvalue weighted by Gasteiger charge is 2.40. The quantitative estimate of drug-likeness (QED) is 0.260. The van der Waals surface area contributed by atoms with Crippen LogP contribution in [0.3, 0.4) is 0 Å². The van der Waals surface area contributed by atoms with Crippen molar-refractivity contribution in [3.05, 3.63) is 24.3 Å². The lowest BCUT2D eigenvalue weighted by molar-refractivity contribution is 0.0943. The van der Waals surface area contributed by atoms with Crippen LogP contribution in [0.25, 0.3) is 11.2 Å². The Morgan fingerprint density at radius 2 is 1.87 bits per heavy atom. The fraction of sp³-hybridized carbons (Fsp3) is 0.417. The van der Waals surface area contributed by atoms with Crippen molar-refractivity contribution in [2.24, 2.45) is 0 Å². The monoisotopic (exact) mass is 485 g/mol. The zero-order valence-electron chi connectivity index (χ0n) is 15.2. The van der Waals surface area contributed by atoms with Crippen molar-refractivity contribution in [2.75, 3.05) is 12.1 Å². The summed E-state index contributed by atoms with van der Waals surface area (Å²) in [5.41, 5.74) is 7.37. The molecule has 0 aromatic carbocycles. The summed E-state index contributed by atoms with van der Waals surface area (Å²) >= 11 is 0. The number of hydrogen-bond donors (Lipinski definition) is 5. The Morgan fingerprint density at radius 3 is 2.53 bits per heavy atom.